The second-order valence-corrected chi connectivity index (χ2v) is 4.74. The molecule has 2 aromatic rings. The second kappa shape index (κ2) is 5.60. The first kappa shape index (κ1) is 12.5. The van der Waals surface area contributed by atoms with Crippen LogP contribution in [0.1, 0.15) is 10.4 Å². The van der Waals surface area contributed by atoms with Crippen LogP contribution in [0.4, 0.5) is 5.69 Å². The maximum atomic E-state index is 11.5. The summed E-state index contributed by atoms with van der Waals surface area (Å²) in [4.78, 5) is 13.5. The van der Waals surface area contributed by atoms with Crippen LogP contribution in [-0.4, -0.2) is 13.1 Å². The van der Waals surface area contributed by atoms with E-state index in [1.54, 1.807) is 12.1 Å². The minimum absolute atomic E-state index is 0.401. The van der Waals surface area contributed by atoms with Gasteiger partial charge in [0, 0.05) is 9.79 Å². The molecule has 0 aliphatic carbocycles. The highest BCUT2D eigenvalue weighted by Crippen LogP contribution is 2.33. The van der Waals surface area contributed by atoms with Crippen molar-refractivity contribution in [3.8, 4) is 0 Å². The SMILES string of the molecule is COC(=O)c1cccc(Sc2ccccc2)c1N. The Morgan fingerprint density at radius 1 is 1.11 bits per heavy atom. The highest BCUT2D eigenvalue weighted by atomic mass is 32.2. The van der Waals surface area contributed by atoms with Gasteiger partial charge in [0.2, 0.25) is 0 Å². The van der Waals surface area contributed by atoms with E-state index in [2.05, 4.69) is 0 Å². The molecule has 92 valence electrons. The normalized spacial score (nSPS) is 10.1. The summed E-state index contributed by atoms with van der Waals surface area (Å²) < 4.78 is 4.69. The number of hydrogen-bond donors (Lipinski definition) is 1. The third-order valence-corrected chi connectivity index (χ3v) is 3.53. The molecule has 0 aliphatic heterocycles. The summed E-state index contributed by atoms with van der Waals surface area (Å²) in [7, 11) is 1.35. The van der Waals surface area contributed by atoms with Gasteiger partial charge in [-0.15, -0.1) is 0 Å². The van der Waals surface area contributed by atoms with Crippen LogP contribution < -0.4 is 5.73 Å². The van der Waals surface area contributed by atoms with Crippen LogP contribution in [0.15, 0.2) is 58.3 Å². The van der Waals surface area contributed by atoms with Crippen LogP contribution in [-0.2, 0) is 4.74 Å². The van der Waals surface area contributed by atoms with Gasteiger partial charge in [-0.2, -0.15) is 0 Å². The van der Waals surface area contributed by atoms with Gasteiger partial charge in [-0.05, 0) is 24.3 Å². The Morgan fingerprint density at radius 2 is 1.83 bits per heavy atom. The molecule has 2 N–H and O–H groups in total. The van der Waals surface area contributed by atoms with Crippen LogP contribution in [0.3, 0.4) is 0 Å². The third kappa shape index (κ3) is 2.65. The maximum Gasteiger partial charge on any atom is 0.339 e. The molecule has 2 aromatic carbocycles. The van der Waals surface area contributed by atoms with Crippen LogP contribution in [0.25, 0.3) is 0 Å². The topological polar surface area (TPSA) is 52.3 Å². The molecule has 0 radical (unpaired) electrons. The van der Waals surface area contributed by atoms with Gasteiger partial charge in [0.05, 0.1) is 18.4 Å². The number of nitrogens with two attached hydrogens (primary N) is 1. The number of nitrogen functional groups attached to an aromatic ring is 1. The van der Waals surface area contributed by atoms with Crippen molar-refractivity contribution >= 4 is 23.4 Å². The van der Waals surface area contributed by atoms with E-state index in [0.29, 0.717) is 11.3 Å². The van der Waals surface area contributed by atoms with Gasteiger partial charge in [-0.1, -0.05) is 36.0 Å². The lowest BCUT2D eigenvalue weighted by Crippen LogP contribution is -2.06. The minimum Gasteiger partial charge on any atom is -0.465 e. The molecule has 3 nitrogen and oxygen atoms in total. The largest absolute Gasteiger partial charge is 0.465 e. The fourth-order valence-electron chi connectivity index (χ4n) is 1.54. The van der Waals surface area contributed by atoms with Crippen LogP contribution in [0.5, 0.6) is 0 Å². The number of anilines is 1. The van der Waals surface area contributed by atoms with E-state index in [4.69, 9.17) is 10.5 Å². The number of esters is 1. The van der Waals surface area contributed by atoms with Crippen molar-refractivity contribution in [3.63, 3.8) is 0 Å². The number of ether oxygens (including phenoxy) is 1. The average Bonchev–Trinajstić information content (AvgIpc) is 2.41. The van der Waals surface area contributed by atoms with E-state index in [1.165, 1.54) is 18.9 Å². The van der Waals surface area contributed by atoms with Crippen molar-refractivity contribution in [3.05, 3.63) is 54.1 Å². The molecule has 0 spiro atoms. The van der Waals surface area contributed by atoms with Crippen molar-refractivity contribution in [1.82, 2.24) is 0 Å². The Bertz CT molecular complexity index is 555. The summed E-state index contributed by atoms with van der Waals surface area (Å²) >= 11 is 1.52. The first-order chi connectivity index (χ1) is 8.72. The smallest absolute Gasteiger partial charge is 0.339 e. The lowest BCUT2D eigenvalue weighted by Gasteiger charge is -2.09. The third-order valence-electron chi connectivity index (χ3n) is 2.44. The first-order valence-electron chi connectivity index (χ1n) is 5.42. The second-order valence-electron chi connectivity index (χ2n) is 3.62. The molecule has 2 rings (SSSR count). The van der Waals surface area contributed by atoms with E-state index < -0.39 is 5.97 Å². The predicted octanol–water partition coefficient (Wildman–Crippen LogP) is 3.21. The molecular weight excluding hydrogens is 246 g/mol. The van der Waals surface area contributed by atoms with E-state index in [-0.39, 0.29) is 0 Å². The van der Waals surface area contributed by atoms with Crippen LogP contribution >= 0.6 is 11.8 Å². The molecule has 0 fully saturated rings. The van der Waals surface area contributed by atoms with Crippen molar-refractivity contribution in [2.45, 2.75) is 9.79 Å². The first-order valence-corrected chi connectivity index (χ1v) is 6.23. The Labute approximate surface area is 110 Å². The fourth-order valence-corrected chi connectivity index (χ4v) is 2.45. The van der Waals surface area contributed by atoms with Gasteiger partial charge in [0.15, 0.2) is 0 Å². The number of benzene rings is 2. The molecule has 0 saturated heterocycles. The van der Waals surface area contributed by atoms with Crippen molar-refractivity contribution in [2.24, 2.45) is 0 Å². The van der Waals surface area contributed by atoms with Gasteiger partial charge in [0.25, 0.3) is 0 Å². The molecule has 0 bridgehead atoms. The quantitative estimate of drug-likeness (QED) is 0.679. The predicted molar refractivity (Wildman–Crippen MR) is 72.8 cm³/mol. The molecule has 0 amide bonds. The molecular formula is C14H13NO2S. The van der Waals surface area contributed by atoms with Gasteiger partial charge in [0.1, 0.15) is 0 Å². The summed E-state index contributed by atoms with van der Waals surface area (Å²) in [6, 6.07) is 15.2. The standard InChI is InChI=1S/C14H13NO2S/c1-17-14(16)11-8-5-9-12(13(11)15)18-10-6-3-2-4-7-10/h2-9H,15H2,1H3. The minimum atomic E-state index is -0.414. The van der Waals surface area contributed by atoms with Crippen molar-refractivity contribution < 1.29 is 9.53 Å². The molecule has 0 aromatic heterocycles. The zero-order valence-corrected chi connectivity index (χ0v) is 10.7. The number of carbonyl (C=O) groups is 1. The summed E-state index contributed by atoms with van der Waals surface area (Å²) in [6.07, 6.45) is 0. The van der Waals surface area contributed by atoms with Gasteiger partial charge in [-0.3, -0.25) is 0 Å². The van der Waals surface area contributed by atoms with Crippen LogP contribution in [0, 0.1) is 0 Å². The maximum absolute atomic E-state index is 11.5. The van der Waals surface area contributed by atoms with Gasteiger partial charge < -0.3 is 10.5 Å². The number of hydrogen-bond acceptors (Lipinski definition) is 4. The lowest BCUT2D eigenvalue weighted by atomic mass is 10.2. The van der Waals surface area contributed by atoms with E-state index in [9.17, 15) is 4.79 Å². The molecule has 0 unspecified atom stereocenters. The van der Waals surface area contributed by atoms with Crippen LogP contribution in [0.2, 0.25) is 0 Å². The molecule has 0 saturated carbocycles. The number of para-hydroxylation sites is 1. The monoisotopic (exact) mass is 259 g/mol. The van der Waals surface area contributed by atoms with E-state index in [1.807, 2.05) is 36.4 Å². The highest BCUT2D eigenvalue weighted by molar-refractivity contribution is 7.99. The summed E-state index contributed by atoms with van der Waals surface area (Å²) in [5.41, 5.74) is 6.84. The number of rotatable bonds is 3. The number of carbonyl (C=O) groups excluding carboxylic acids is 1. The molecule has 0 aliphatic rings. The Morgan fingerprint density at radius 3 is 2.50 bits per heavy atom. The average molecular weight is 259 g/mol. The summed E-state index contributed by atoms with van der Waals surface area (Å²) in [6.45, 7) is 0. The van der Waals surface area contributed by atoms with E-state index in [0.717, 1.165) is 9.79 Å². The Kier molecular flexibility index (Phi) is 3.89. The summed E-state index contributed by atoms with van der Waals surface area (Å²) in [5.74, 6) is -0.414. The summed E-state index contributed by atoms with van der Waals surface area (Å²) in [5, 5.41) is 0. The van der Waals surface area contributed by atoms with E-state index >= 15 is 0 Å². The fraction of sp³-hybridized carbons (Fsp3) is 0.0714. The molecule has 4 heteroatoms. The lowest BCUT2D eigenvalue weighted by molar-refractivity contribution is 0.0601. The zero-order valence-electron chi connectivity index (χ0n) is 9.92. The Hall–Kier alpha value is -1.94. The molecule has 0 heterocycles. The highest BCUT2D eigenvalue weighted by Gasteiger charge is 2.13. The van der Waals surface area contributed by atoms with Crippen molar-refractivity contribution in [2.75, 3.05) is 12.8 Å². The Balaban J connectivity index is 2.32. The molecule has 18 heavy (non-hydrogen) atoms. The van der Waals surface area contributed by atoms with Crippen molar-refractivity contribution in [1.29, 1.82) is 0 Å². The zero-order chi connectivity index (χ0) is 13.0. The van der Waals surface area contributed by atoms with Gasteiger partial charge in [-0.25, -0.2) is 4.79 Å². The van der Waals surface area contributed by atoms with Gasteiger partial charge >= 0.3 is 5.97 Å². The number of methoxy groups -OCH3 is 1. The molecule has 0 atom stereocenters.